The molecule has 0 spiro atoms. The quantitative estimate of drug-likeness (QED) is 0.536. The third-order valence-corrected chi connectivity index (χ3v) is 1.62. The molecule has 3 heteroatoms. The lowest BCUT2D eigenvalue weighted by Crippen LogP contribution is -2.43. The molecule has 0 aromatic carbocycles. The van der Waals surface area contributed by atoms with Gasteiger partial charge in [0.05, 0.1) is 0 Å². The van der Waals surface area contributed by atoms with Crippen molar-refractivity contribution in [1.82, 2.24) is 9.80 Å². The Labute approximate surface area is 55.7 Å². The van der Waals surface area contributed by atoms with Gasteiger partial charge >= 0.3 is 0 Å². The first-order valence-corrected chi connectivity index (χ1v) is 3.17. The summed E-state index contributed by atoms with van der Waals surface area (Å²) >= 11 is 0. The summed E-state index contributed by atoms with van der Waals surface area (Å²) in [4.78, 5) is 4.05. The van der Waals surface area contributed by atoms with Gasteiger partial charge in [-0.3, -0.25) is 5.73 Å². The molecule has 0 aromatic heterocycles. The van der Waals surface area contributed by atoms with Gasteiger partial charge in [0.2, 0.25) is 0 Å². The second kappa shape index (κ2) is 2.27. The highest BCUT2D eigenvalue weighted by Gasteiger charge is 2.15. The second-order valence-corrected chi connectivity index (χ2v) is 2.21. The standard InChI is InChI=1S/C6H13N3/c1-3-9-5-4-8(2)6(9)7/h4-6H,3,7H2,1-2H3. The van der Waals surface area contributed by atoms with E-state index in [2.05, 4.69) is 11.8 Å². The average molecular weight is 127 g/mol. The van der Waals surface area contributed by atoms with Gasteiger partial charge in [0.15, 0.2) is 6.29 Å². The van der Waals surface area contributed by atoms with E-state index < -0.39 is 0 Å². The van der Waals surface area contributed by atoms with E-state index in [-0.39, 0.29) is 6.29 Å². The molecular weight excluding hydrogens is 114 g/mol. The molecular formula is C6H13N3. The zero-order valence-corrected chi connectivity index (χ0v) is 5.91. The van der Waals surface area contributed by atoms with Crippen LogP contribution in [0.4, 0.5) is 0 Å². The maximum Gasteiger partial charge on any atom is 0.154 e. The van der Waals surface area contributed by atoms with Gasteiger partial charge in [-0.1, -0.05) is 0 Å². The van der Waals surface area contributed by atoms with E-state index in [0.29, 0.717) is 0 Å². The van der Waals surface area contributed by atoms with Crippen molar-refractivity contribution in [2.75, 3.05) is 13.6 Å². The number of nitrogens with two attached hydrogens (primary N) is 1. The Morgan fingerprint density at radius 1 is 1.56 bits per heavy atom. The van der Waals surface area contributed by atoms with Crippen LogP contribution in [0.2, 0.25) is 0 Å². The van der Waals surface area contributed by atoms with Crippen LogP contribution in [0.1, 0.15) is 6.92 Å². The van der Waals surface area contributed by atoms with Gasteiger partial charge in [-0.15, -0.1) is 0 Å². The molecule has 0 aromatic rings. The Morgan fingerprint density at radius 2 is 2.22 bits per heavy atom. The van der Waals surface area contributed by atoms with Crippen molar-refractivity contribution >= 4 is 0 Å². The molecule has 1 heterocycles. The van der Waals surface area contributed by atoms with Crippen LogP contribution < -0.4 is 5.73 Å². The molecule has 0 radical (unpaired) electrons. The van der Waals surface area contributed by atoms with Crippen molar-refractivity contribution in [3.63, 3.8) is 0 Å². The van der Waals surface area contributed by atoms with Gasteiger partial charge in [-0.2, -0.15) is 0 Å². The predicted octanol–water partition coefficient (Wildman–Crippen LogP) is -0.0328. The minimum absolute atomic E-state index is 0.0509. The lowest BCUT2D eigenvalue weighted by molar-refractivity contribution is 0.190. The maximum atomic E-state index is 5.72. The SMILES string of the molecule is CCN1C=CN(C)C1N. The van der Waals surface area contributed by atoms with Gasteiger partial charge in [-0.25, -0.2) is 0 Å². The summed E-state index contributed by atoms with van der Waals surface area (Å²) in [6, 6.07) is 0. The molecule has 0 aliphatic carbocycles. The van der Waals surface area contributed by atoms with Crippen LogP contribution in [-0.4, -0.2) is 29.7 Å². The van der Waals surface area contributed by atoms with Gasteiger partial charge in [0.1, 0.15) is 0 Å². The van der Waals surface area contributed by atoms with Crippen molar-refractivity contribution in [3.05, 3.63) is 12.4 Å². The van der Waals surface area contributed by atoms with Crippen LogP contribution in [0.15, 0.2) is 12.4 Å². The monoisotopic (exact) mass is 127 g/mol. The van der Waals surface area contributed by atoms with Crippen molar-refractivity contribution in [2.24, 2.45) is 5.73 Å². The summed E-state index contributed by atoms with van der Waals surface area (Å²) in [7, 11) is 1.97. The normalized spacial score (nSPS) is 25.9. The Balaban J connectivity index is 2.51. The minimum Gasteiger partial charge on any atom is -0.347 e. The highest BCUT2D eigenvalue weighted by atomic mass is 15.4. The van der Waals surface area contributed by atoms with E-state index >= 15 is 0 Å². The molecule has 0 amide bonds. The number of hydrogen-bond donors (Lipinski definition) is 1. The lowest BCUT2D eigenvalue weighted by Gasteiger charge is -2.24. The smallest absolute Gasteiger partial charge is 0.154 e. The van der Waals surface area contributed by atoms with E-state index in [4.69, 9.17) is 5.73 Å². The molecule has 52 valence electrons. The van der Waals surface area contributed by atoms with Crippen molar-refractivity contribution in [3.8, 4) is 0 Å². The first-order valence-electron chi connectivity index (χ1n) is 3.17. The summed E-state index contributed by atoms with van der Waals surface area (Å²) in [6.45, 7) is 3.06. The van der Waals surface area contributed by atoms with E-state index in [9.17, 15) is 0 Å². The molecule has 3 nitrogen and oxygen atoms in total. The Bertz CT molecular complexity index is 121. The minimum atomic E-state index is 0.0509. The van der Waals surface area contributed by atoms with Gasteiger partial charge in [-0.05, 0) is 6.92 Å². The molecule has 1 aliphatic rings. The van der Waals surface area contributed by atoms with Crippen LogP contribution in [0.3, 0.4) is 0 Å². The van der Waals surface area contributed by atoms with Crippen LogP contribution in [0.5, 0.6) is 0 Å². The van der Waals surface area contributed by atoms with Crippen molar-refractivity contribution in [2.45, 2.75) is 13.2 Å². The average Bonchev–Trinajstić information content (AvgIpc) is 2.15. The first-order chi connectivity index (χ1) is 4.25. The summed E-state index contributed by atoms with van der Waals surface area (Å²) in [5, 5.41) is 0. The lowest BCUT2D eigenvalue weighted by atomic mass is 10.6. The van der Waals surface area contributed by atoms with E-state index in [1.165, 1.54) is 0 Å². The summed E-state index contributed by atoms with van der Waals surface area (Å²) in [6.07, 6.45) is 4.04. The molecule has 0 bridgehead atoms. The maximum absolute atomic E-state index is 5.72. The number of hydrogen-bond acceptors (Lipinski definition) is 3. The highest BCUT2D eigenvalue weighted by Crippen LogP contribution is 2.06. The fourth-order valence-corrected chi connectivity index (χ4v) is 0.894. The van der Waals surface area contributed by atoms with Gasteiger partial charge < -0.3 is 9.80 Å². The first kappa shape index (κ1) is 6.42. The Hall–Kier alpha value is -0.700. The molecule has 0 saturated heterocycles. The van der Waals surface area contributed by atoms with Crippen LogP contribution in [0, 0.1) is 0 Å². The Morgan fingerprint density at radius 3 is 2.44 bits per heavy atom. The molecule has 1 aliphatic heterocycles. The number of nitrogens with zero attached hydrogens (tertiary/aromatic N) is 2. The fraction of sp³-hybridized carbons (Fsp3) is 0.667. The summed E-state index contributed by atoms with van der Waals surface area (Å²) in [5.41, 5.74) is 5.72. The summed E-state index contributed by atoms with van der Waals surface area (Å²) in [5.74, 6) is 0. The number of rotatable bonds is 1. The van der Waals surface area contributed by atoms with Crippen molar-refractivity contribution < 1.29 is 0 Å². The van der Waals surface area contributed by atoms with Crippen molar-refractivity contribution in [1.29, 1.82) is 0 Å². The van der Waals surface area contributed by atoms with Gasteiger partial charge in [0.25, 0.3) is 0 Å². The molecule has 0 fully saturated rings. The van der Waals surface area contributed by atoms with Crippen LogP contribution in [-0.2, 0) is 0 Å². The highest BCUT2D eigenvalue weighted by molar-refractivity contribution is 4.92. The summed E-state index contributed by atoms with van der Waals surface area (Å²) < 4.78 is 0. The van der Waals surface area contributed by atoms with Crippen LogP contribution >= 0.6 is 0 Å². The van der Waals surface area contributed by atoms with E-state index in [0.717, 1.165) is 6.54 Å². The predicted molar refractivity (Wildman–Crippen MR) is 37.3 cm³/mol. The van der Waals surface area contributed by atoms with E-state index in [1.54, 1.807) is 0 Å². The molecule has 2 N–H and O–H groups in total. The molecule has 0 saturated carbocycles. The van der Waals surface area contributed by atoms with Crippen LogP contribution in [0.25, 0.3) is 0 Å². The zero-order valence-electron chi connectivity index (χ0n) is 5.91. The van der Waals surface area contributed by atoms with E-state index in [1.807, 2.05) is 24.3 Å². The second-order valence-electron chi connectivity index (χ2n) is 2.21. The Kier molecular flexibility index (Phi) is 1.62. The third-order valence-electron chi connectivity index (χ3n) is 1.62. The largest absolute Gasteiger partial charge is 0.347 e. The molecule has 1 unspecified atom stereocenters. The topological polar surface area (TPSA) is 32.5 Å². The zero-order chi connectivity index (χ0) is 6.85. The van der Waals surface area contributed by atoms with Gasteiger partial charge in [0, 0.05) is 26.0 Å². The molecule has 1 rings (SSSR count). The third kappa shape index (κ3) is 1.00. The molecule has 1 atom stereocenters. The molecule has 9 heavy (non-hydrogen) atoms. The fourth-order valence-electron chi connectivity index (χ4n) is 0.894.